The molecule has 0 bridgehead atoms. The van der Waals surface area contributed by atoms with Gasteiger partial charge in [-0.05, 0) is 18.2 Å². The van der Waals surface area contributed by atoms with Gasteiger partial charge in [0.05, 0.1) is 0 Å². The molecule has 3 aromatic rings. The van der Waals surface area contributed by atoms with Crippen LogP contribution in [0.4, 0.5) is 5.69 Å². The van der Waals surface area contributed by atoms with Crippen LogP contribution in [0.3, 0.4) is 0 Å². The summed E-state index contributed by atoms with van der Waals surface area (Å²) in [7, 11) is 1.96. The van der Waals surface area contributed by atoms with Crippen LogP contribution in [0.1, 0.15) is 0 Å². The van der Waals surface area contributed by atoms with E-state index in [-0.39, 0.29) is 0 Å². The number of rotatable bonds is 1. The molecule has 17 heavy (non-hydrogen) atoms. The summed E-state index contributed by atoms with van der Waals surface area (Å²) in [6, 6.07) is 9.39. The Morgan fingerprint density at radius 2 is 2.18 bits per heavy atom. The Bertz CT molecular complexity index is 688. The maximum atomic E-state index is 5.70. The number of oxazole rings is 1. The van der Waals surface area contributed by atoms with Gasteiger partial charge in [0.15, 0.2) is 18.0 Å². The molecule has 0 radical (unpaired) electrons. The van der Waals surface area contributed by atoms with E-state index in [1.807, 2.05) is 48.3 Å². The Labute approximate surface area is 98.3 Å². The first-order valence-electron chi connectivity index (χ1n) is 5.34. The molecule has 2 aromatic heterocycles. The zero-order valence-electron chi connectivity index (χ0n) is 9.42. The van der Waals surface area contributed by atoms with E-state index in [1.165, 1.54) is 0 Å². The predicted octanol–water partition coefficient (Wildman–Crippen LogP) is 1.90. The number of nitrogens with two attached hydrogens (primary N) is 1. The number of anilines is 1. The van der Waals surface area contributed by atoms with Crippen molar-refractivity contribution < 1.29 is 8.98 Å². The third-order valence-electron chi connectivity index (χ3n) is 2.60. The van der Waals surface area contributed by atoms with Crippen molar-refractivity contribution in [3.05, 3.63) is 42.7 Å². The van der Waals surface area contributed by atoms with Gasteiger partial charge in [0.2, 0.25) is 5.89 Å². The van der Waals surface area contributed by atoms with Crippen molar-refractivity contribution in [1.82, 2.24) is 4.98 Å². The molecule has 4 nitrogen and oxygen atoms in total. The molecule has 0 aliphatic heterocycles. The Morgan fingerprint density at radius 1 is 1.29 bits per heavy atom. The molecule has 0 amide bonds. The van der Waals surface area contributed by atoms with Crippen LogP contribution in [0.15, 0.2) is 47.1 Å². The minimum Gasteiger partial charge on any atom is -0.436 e. The zero-order valence-corrected chi connectivity index (χ0v) is 9.42. The molecule has 0 saturated carbocycles. The van der Waals surface area contributed by atoms with Crippen LogP contribution < -0.4 is 10.3 Å². The number of hydrogen-bond acceptors (Lipinski definition) is 3. The maximum Gasteiger partial charge on any atom is 0.233 e. The number of aromatic nitrogens is 2. The van der Waals surface area contributed by atoms with Crippen LogP contribution in [0.2, 0.25) is 0 Å². The third-order valence-corrected chi connectivity index (χ3v) is 2.60. The minimum absolute atomic E-state index is 0.613. The van der Waals surface area contributed by atoms with Crippen molar-refractivity contribution in [2.24, 2.45) is 7.05 Å². The largest absolute Gasteiger partial charge is 0.436 e. The third kappa shape index (κ3) is 1.73. The molecule has 1 aromatic carbocycles. The molecular weight excluding hydrogens is 214 g/mol. The first-order chi connectivity index (χ1) is 8.22. The lowest BCUT2D eigenvalue weighted by Gasteiger charge is -1.91. The lowest BCUT2D eigenvalue weighted by Crippen LogP contribution is -2.26. The summed E-state index contributed by atoms with van der Waals surface area (Å²) in [6.07, 6.45) is 3.93. The van der Waals surface area contributed by atoms with E-state index in [0.717, 1.165) is 11.1 Å². The normalized spacial score (nSPS) is 10.9. The second-order valence-electron chi connectivity index (χ2n) is 4.00. The van der Waals surface area contributed by atoms with Gasteiger partial charge in [-0.15, -0.1) is 0 Å². The van der Waals surface area contributed by atoms with E-state index in [9.17, 15) is 0 Å². The molecule has 0 spiro atoms. The number of benzene rings is 1. The van der Waals surface area contributed by atoms with Gasteiger partial charge in [-0.2, -0.15) is 0 Å². The minimum atomic E-state index is 0.613. The SMILES string of the molecule is C[n+]1cccc(-c2nc3ccc(N)cc3o2)c1. The van der Waals surface area contributed by atoms with Gasteiger partial charge < -0.3 is 10.2 Å². The number of nitrogen functional groups attached to an aromatic ring is 1. The Hall–Kier alpha value is -2.36. The number of aryl methyl sites for hydroxylation is 1. The second-order valence-corrected chi connectivity index (χ2v) is 4.00. The predicted molar refractivity (Wildman–Crippen MR) is 65.0 cm³/mol. The smallest absolute Gasteiger partial charge is 0.233 e. The summed E-state index contributed by atoms with van der Waals surface area (Å²) in [5.41, 5.74) is 8.87. The first-order valence-corrected chi connectivity index (χ1v) is 5.34. The van der Waals surface area contributed by atoms with Gasteiger partial charge in [0.25, 0.3) is 0 Å². The molecular formula is C13H12N3O+. The maximum absolute atomic E-state index is 5.70. The van der Waals surface area contributed by atoms with Crippen LogP contribution in [-0.4, -0.2) is 4.98 Å². The summed E-state index contributed by atoms with van der Waals surface area (Å²) in [6.45, 7) is 0. The molecule has 2 heterocycles. The summed E-state index contributed by atoms with van der Waals surface area (Å²) in [5, 5.41) is 0. The van der Waals surface area contributed by atoms with Crippen LogP contribution in [0, 0.1) is 0 Å². The first kappa shape index (κ1) is 9.84. The van der Waals surface area contributed by atoms with E-state index in [4.69, 9.17) is 10.2 Å². The molecule has 0 fully saturated rings. The lowest BCUT2D eigenvalue weighted by molar-refractivity contribution is -0.671. The average Bonchev–Trinajstić information content (AvgIpc) is 2.72. The van der Waals surface area contributed by atoms with E-state index < -0.39 is 0 Å². The fourth-order valence-electron chi connectivity index (χ4n) is 1.78. The van der Waals surface area contributed by atoms with Crippen LogP contribution in [-0.2, 0) is 7.05 Å². The van der Waals surface area contributed by atoms with Crippen molar-refractivity contribution in [1.29, 1.82) is 0 Å². The van der Waals surface area contributed by atoms with E-state index in [1.54, 1.807) is 6.07 Å². The highest BCUT2D eigenvalue weighted by molar-refractivity contribution is 5.79. The van der Waals surface area contributed by atoms with Gasteiger partial charge in [0, 0.05) is 17.8 Å². The Balaban J connectivity index is 2.18. The summed E-state index contributed by atoms with van der Waals surface area (Å²) in [5.74, 6) is 0.613. The summed E-state index contributed by atoms with van der Waals surface area (Å²) < 4.78 is 7.64. The second kappa shape index (κ2) is 3.59. The number of pyridine rings is 1. The molecule has 0 unspecified atom stereocenters. The molecule has 3 rings (SSSR count). The Morgan fingerprint density at radius 3 is 3.00 bits per heavy atom. The standard InChI is InChI=1S/C13H12N3O/c1-16-6-2-3-9(8-16)13-15-11-5-4-10(14)7-12(11)17-13/h2-8H,14H2,1H3/q+1. The highest BCUT2D eigenvalue weighted by Crippen LogP contribution is 2.24. The molecule has 2 N–H and O–H groups in total. The van der Waals surface area contributed by atoms with Crippen LogP contribution in [0.5, 0.6) is 0 Å². The van der Waals surface area contributed by atoms with Crippen LogP contribution in [0.25, 0.3) is 22.6 Å². The number of fused-ring (bicyclic) bond motifs is 1. The monoisotopic (exact) mass is 226 g/mol. The Kier molecular flexibility index (Phi) is 2.08. The molecule has 84 valence electrons. The van der Waals surface area contributed by atoms with Gasteiger partial charge in [-0.25, -0.2) is 9.55 Å². The van der Waals surface area contributed by atoms with Crippen LogP contribution >= 0.6 is 0 Å². The number of hydrogen-bond donors (Lipinski definition) is 1. The van der Waals surface area contributed by atoms with Gasteiger partial charge in [-0.1, -0.05) is 0 Å². The molecule has 0 aliphatic carbocycles. The quantitative estimate of drug-likeness (QED) is 0.509. The van der Waals surface area contributed by atoms with Crippen molar-refractivity contribution in [3.63, 3.8) is 0 Å². The fourth-order valence-corrected chi connectivity index (χ4v) is 1.78. The zero-order chi connectivity index (χ0) is 11.8. The number of nitrogens with zero attached hydrogens (tertiary/aromatic N) is 2. The van der Waals surface area contributed by atoms with E-state index >= 15 is 0 Å². The summed E-state index contributed by atoms with van der Waals surface area (Å²) >= 11 is 0. The van der Waals surface area contributed by atoms with E-state index in [0.29, 0.717) is 17.2 Å². The van der Waals surface area contributed by atoms with Crippen molar-refractivity contribution >= 4 is 16.8 Å². The lowest BCUT2D eigenvalue weighted by atomic mass is 10.3. The van der Waals surface area contributed by atoms with Gasteiger partial charge in [0.1, 0.15) is 18.1 Å². The highest BCUT2D eigenvalue weighted by Gasteiger charge is 2.10. The molecule has 0 aliphatic rings. The van der Waals surface area contributed by atoms with E-state index in [2.05, 4.69) is 4.98 Å². The average molecular weight is 226 g/mol. The van der Waals surface area contributed by atoms with Crippen molar-refractivity contribution in [2.45, 2.75) is 0 Å². The molecule has 4 heteroatoms. The molecule has 0 atom stereocenters. The van der Waals surface area contributed by atoms with Crippen molar-refractivity contribution in [2.75, 3.05) is 5.73 Å². The highest BCUT2D eigenvalue weighted by atomic mass is 16.3. The fraction of sp³-hybridized carbons (Fsp3) is 0.0769. The van der Waals surface area contributed by atoms with Crippen molar-refractivity contribution in [3.8, 4) is 11.5 Å². The molecule has 0 saturated heterocycles. The summed E-state index contributed by atoms with van der Waals surface area (Å²) in [4.78, 5) is 4.43. The van der Waals surface area contributed by atoms with Gasteiger partial charge in [-0.3, -0.25) is 0 Å². The topological polar surface area (TPSA) is 55.9 Å². The van der Waals surface area contributed by atoms with Gasteiger partial charge >= 0.3 is 0 Å².